The van der Waals surface area contributed by atoms with E-state index >= 15 is 0 Å². The average Bonchev–Trinajstić information content (AvgIpc) is 2.15. The molecule has 1 aromatic carbocycles. The minimum atomic E-state index is -0.741. The summed E-state index contributed by atoms with van der Waals surface area (Å²) in [5.41, 5.74) is 6.01. The molecule has 84 valence electrons. The summed E-state index contributed by atoms with van der Waals surface area (Å²) in [6.45, 7) is 2.76. The fraction of sp³-hybridized carbons (Fsp3) is 0.182. The molecule has 1 rings (SSSR count). The van der Waals surface area contributed by atoms with Crippen LogP contribution in [0.15, 0.2) is 18.2 Å². The van der Waals surface area contributed by atoms with Crippen LogP contribution in [0.4, 0.5) is 10.5 Å². The van der Waals surface area contributed by atoms with Gasteiger partial charge in [0.05, 0.1) is 0 Å². The molecule has 0 fully saturated rings. The predicted molar refractivity (Wildman–Crippen MR) is 59.7 cm³/mol. The molecule has 0 bridgehead atoms. The van der Waals surface area contributed by atoms with Gasteiger partial charge in [-0.1, -0.05) is 0 Å². The van der Waals surface area contributed by atoms with Crippen LogP contribution >= 0.6 is 0 Å². The van der Waals surface area contributed by atoms with E-state index < -0.39 is 6.03 Å². The molecule has 1 aromatic rings. The van der Waals surface area contributed by atoms with Crippen LogP contribution in [-0.2, 0) is 0 Å². The van der Waals surface area contributed by atoms with Gasteiger partial charge in [0.2, 0.25) is 0 Å². The highest BCUT2D eigenvalue weighted by atomic mass is 16.2. The molecule has 0 heterocycles. The highest BCUT2D eigenvalue weighted by Gasteiger charge is 2.08. The van der Waals surface area contributed by atoms with Crippen molar-refractivity contribution < 1.29 is 14.4 Å². The van der Waals surface area contributed by atoms with Crippen LogP contribution in [-0.4, -0.2) is 17.6 Å². The van der Waals surface area contributed by atoms with Crippen molar-refractivity contribution in [3.05, 3.63) is 29.3 Å². The van der Waals surface area contributed by atoms with Gasteiger partial charge in [-0.15, -0.1) is 0 Å². The van der Waals surface area contributed by atoms with Gasteiger partial charge in [0.15, 0.2) is 11.6 Å². The first-order valence-corrected chi connectivity index (χ1v) is 4.63. The lowest BCUT2D eigenvalue weighted by molar-refractivity contribution is 0.101. The summed E-state index contributed by atoms with van der Waals surface area (Å²) in [6, 6.07) is 3.69. The maximum Gasteiger partial charge on any atom is 0.316 e. The molecule has 0 aromatic heterocycles. The van der Waals surface area contributed by atoms with E-state index in [1.165, 1.54) is 32.0 Å². The van der Waals surface area contributed by atoms with Gasteiger partial charge in [-0.25, -0.2) is 4.79 Å². The zero-order chi connectivity index (χ0) is 12.3. The first-order chi connectivity index (χ1) is 7.40. The van der Waals surface area contributed by atoms with Gasteiger partial charge in [-0.2, -0.15) is 0 Å². The van der Waals surface area contributed by atoms with Gasteiger partial charge in [-0.05, 0) is 32.0 Å². The first kappa shape index (κ1) is 11.9. The second kappa shape index (κ2) is 4.57. The highest BCUT2D eigenvalue weighted by Crippen LogP contribution is 2.16. The molecule has 2 amide bonds. The minimum Gasteiger partial charge on any atom is -0.351 e. The number of nitrogens with two attached hydrogens (primary N) is 1. The van der Waals surface area contributed by atoms with Gasteiger partial charge in [0.25, 0.3) is 0 Å². The number of benzene rings is 1. The smallest absolute Gasteiger partial charge is 0.316 e. The van der Waals surface area contributed by atoms with Gasteiger partial charge < -0.3 is 11.1 Å². The van der Waals surface area contributed by atoms with Crippen molar-refractivity contribution in [3.8, 4) is 0 Å². The first-order valence-electron chi connectivity index (χ1n) is 4.63. The Morgan fingerprint density at radius 2 is 1.44 bits per heavy atom. The van der Waals surface area contributed by atoms with Gasteiger partial charge in [0, 0.05) is 16.8 Å². The molecular weight excluding hydrogens is 208 g/mol. The Bertz CT molecular complexity index is 434. The van der Waals surface area contributed by atoms with Crippen molar-refractivity contribution in [1.82, 2.24) is 0 Å². The third-order valence-corrected chi connectivity index (χ3v) is 2.01. The number of amides is 2. The lowest BCUT2D eigenvalue weighted by Crippen LogP contribution is -2.19. The number of urea groups is 1. The SMILES string of the molecule is CC(=O)c1cc(NC(N)=O)cc(C(C)=O)c1. The fourth-order valence-corrected chi connectivity index (χ4v) is 1.25. The van der Waals surface area contributed by atoms with E-state index in [0.29, 0.717) is 16.8 Å². The highest BCUT2D eigenvalue weighted by molar-refractivity contribution is 6.02. The molecule has 0 aliphatic heterocycles. The van der Waals surface area contributed by atoms with Crippen LogP contribution in [0.2, 0.25) is 0 Å². The Kier molecular flexibility index (Phi) is 3.40. The minimum absolute atomic E-state index is 0.185. The molecule has 0 radical (unpaired) electrons. The summed E-state index contributed by atoms with van der Waals surface area (Å²) in [5, 5.41) is 2.33. The van der Waals surface area contributed by atoms with Crippen molar-refractivity contribution >= 4 is 23.3 Å². The maximum atomic E-state index is 11.2. The number of anilines is 1. The zero-order valence-corrected chi connectivity index (χ0v) is 9.03. The standard InChI is InChI=1S/C11H12N2O3/c1-6(14)8-3-9(7(2)15)5-10(4-8)13-11(12)16/h3-5H,1-2H3,(H3,12,13,16). The van der Waals surface area contributed by atoms with E-state index in [1.807, 2.05) is 0 Å². The van der Waals surface area contributed by atoms with E-state index in [1.54, 1.807) is 0 Å². The van der Waals surface area contributed by atoms with E-state index in [0.717, 1.165) is 0 Å². The average molecular weight is 220 g/mol. The molecule has 0 saturated carbocycles. The molecule has 0 spiro atoms. The number of ketones is 2. The van der Waals surface area contributed by atoms with Gasteiger partial charge in [-0.3, -0.25) is 9.59 Å². The van der Waals surface area contributed by atoms with Crippen molar-refractivity contribution in [2.75, 3.05) is 5.32 Å². The summed E-state index contributed by atoms with van der Waals surface area (Å²) in [7, 11) is 0. The molecule has 5 heteroatoms. The number of hydrogen-bond acceptors (Lipinski definition) is 3. The monoisotopic (exact) mass is 220 g/mol. The van der Waals surface area contributed by atoms with Crippen molar-refractivity contribution in [2.24, 2.45) is 5.73 Å². The second-order valence-electron chi connectivity index (χ2n) is 3.40. The molecule has 0 aliphatic rings. The number of carbonyl (C=O) groups is 3. The Morgan fingerprint density at radius 3 is 1.75 bits per heavy atom. The van der Waals surface area contributed by atoms with Gasteiger partial charge >= 0.3 is 6.03 Å². The van der Waals surface area contributed by atoms with E-state index in [9.17, 15) is 14.4 Å². The number of rotatable bonds is 3. The molecule has 0 atom stereocenters. The predicted octanol–water partition coefficient (Wildman–Crippen LogP) is 1.58. The van der Waals surface area contributed by atoms with Crippen LogP contribution < -0.4 is 11.1 Å². The third kappa shape index (κ3) is 2.91. The summed E-state index contributed by atoms with van der Waals surface area (Å²) in [4.78, 5) is 33.1. The lowest BCUT2D eigenvalue weighted by Gasteiger charge is -2.06. The summed E-state index contributed by atoms with van der Waals surface area (Å²) in [5.74, 6) is -0.369. The zero-order valence-electron chi connectivity index (χ0n) is 9.03. The van der Waals surface area contributed by atoms with Gasteiger partial charge in [0.1, 0.15) is 0 Å². The Balaban J connectivity index is 3.23. The summed E-state index contributed by atoms with van der Waals surface area (Å²) in [6.07, 6.45) is 0. The van der Waals surface area contributed by atoms with E-state index in [2.05, 4.69) is 5.32 Å². The van der Waals surface area contributed by atoms with E-state index in [4.69, 9.17) is 5.73 Å². The van der Waals surface area contributed by atoms with Crippen LogP contribution in [0.3, 0.4) is 0 Å². The van der Waals surface area contributed by atoms with Crippen LogP contribution in [0.25, 0.3) is 0 Å². The Morgan fingerprint density at radius 1 is 1.00 bits per heavy atom. The van der Waals surface area contributed by atoms with Crippen molar-refractivity contribution in [1.29, 1.82) is 0 Å². The topological polar surface area (TPSA) is 89.3 Å². The second-order valence-corrected chi connectivity index (χ2v) is 3.40. The number of carbonyl (C=O) groups excluding carboxylic acids is 3. The molecule has 5 nitrogen and oxygen atoms in total. The van der Waals surface area contributed by atoms with Crippen molar-refractivity contribution in [2.45, 2.75) is 13.8 Å². The number of primary amides is 1. The molecule has 0 saturated heterocycles. The van der Waals surface area contributed by atoms with Crippen LogP contribution in [0.5, 0.6) is 0 Å². The van der Waals surface area contributed by atoms with Crippen molar-refractivity contribution in [3.63, 3.8) is 0 Å². The van der Waals surface area contributed by atoms with E-state index in [-0.39, 0.29) is 11.6 Å². The summed E-state index contributed by atoms with van der Waals surface area (Å²) >= 11 is 0. The summed E-state index contributed by atoms with van der Waals surface area (Å²) < 4.78 is 0. The molecule has 16 heavy (non-hydrogen) atoms. The Labute approximate surface area is 92.6 Å². The molecule has 3 N–H and O–H groups in total. The molecule has 0 aliphatic carbocycles. The maximum absolute atomic E-state index is 11.2. The number of hydrogen-bond donors (Lipinski definition) is 2. The largest absolute Gasteiger partial charge is 0.351 e. The lowest BCUT2D eigenvalue weighted by atomic mass is 10.0. The van der Waals surface area contributed by atoms with Crippen LogP contribution in [0, 0.1) is 0 Å². The van der Waals surface area contributed by atoms with Crippen LogP contribution in [0.1, 0.15) is 34.6 Å². The fourth-order valence-electron chi connectivity index (χ4n) is 1.25. The normalized spacial score (nSPS) is 9.62. The molecule has 0 unspecified atom stereocenters. The molecular formula is C11H12N2O3. The third-order valence-electron chi connectivity index (χ3n) is 2.01. The number of Topliss-reactive ketones (excluding diaryl/α,β-unsaturated/α-hetero) is 2. The number of nitrogens with one attached hydrogen (secondary N) is 1. The quantitative estimate of drug-likeness (QED) is 0.758. The Hall–Kier alpha value is -2.17.